The molecule has 3 aromatic rings. The number of nitrogens with one attached hydrogen (secondary N) is 2. The number of fused-ring (bicyclic) bond motifs is 1. The topological polar surface area (TPSA) is 75.8 Å². The summed E-state index contributed by atoms with van der Waals surface area (Å²) in [6, 6.07) is 11.5. The lowest BCUT2D eigenvalue weighted by Crippen LogP contribution is -2.38. The molecule has 2 N–H and O–H groups in total. The maximum Gasteiger partial charge on any atom is 0.573 e. The molecule has 2 aromatic heterocycles. The Balaban J connectivity index is 1.54. The number of benzene rings is 1. The van der Waals surface area contributed by atoms with Crippen LogP contribution in [0.1, 0.15) is 18.3 Å². The maximum atomic E-state index is 12.2. The molecule has 0 amide bonds. The maximum absolute atomic E-state index is 12.2. The first-order valence-corrected chi connectivity index (χ1v) is 9.10. The van der Waals surface area contributed by atoms with Crippen LogP contribution >= 0.6 is 0 Å². The predicted octanol–water partition coefficient (Wildman–Crippen LogP) is 2.93. The highest BCUT2D eigenvalue weighted by Gasteiger charge is 2.30. The SMILES string of the molecule is CCNC(=NCc1nnc2ccccn12)NCCc1ccc(OC(F)(F)F)cc1. The van der Waals surface area contributed by atoms with Crippen LogP contribution in [0.4, 0.5) is 13.2 Å². The molecule has 0 saturated heterocycles. The molecular formula is C19H21F3N6O. The zero-order valence-electron chi connectivity index (χ0n) is 15.8. The van der Waals surface area contributed by atoms with Crippen molar-refractivity contribution >= 4 is 11.6 Å². The molecule has 7 nitrogen and oxygen atoms in total. The van der Waals surface area contributed by atoms with Gasteiger partial charge in [-0.25, -0.2) is 4.99 Å². The summed E-state index contributed by atoms with van der Waals surface area (Å²) in [4.78, 5) is 4.52. The number of pyridine rings is 1. The highest BCUT2D eigenvalue weighted by Crippen LogP contribution is 2.22. The van der Waals surface area contributed by atoms with Gasteiger partial charge in [-0.15, -0.1) is 23.4 Å². The number of aliphatic imine (C=N–C) groups is 1. The van der Waals surface area contributed by atoms with Gasteiger partial charge in [0.15, 0.2) is 17.4 Å². The van der Waals surface area contributed by atoms with E-state index in [4.69, 9.17) is 0 Å². The minimum absolute atomic E-state index is 0.232. The fourth-order valence-electron chi connectivity index (χ4n) is 2.67. The fourth-order valence-corrected chi connectivity index (χ4v) is 2.67. The average molecular weight is 406 g/mol. The largest absolute Gasteiger partial charge is 0.573 e. The number of aromatic nitrogens is 3. The van der Waals surface area contributed by atoms with Gasteiger partial charge in [0.25, 0.3) is 0 Å². The quantitative estimate of drug-likeness (QED) is 0.466. The molecule has 0 fully saturated rings. The minimum Gasteiger partial charge on any atom is -0.406 e. The van der Waals surface area contributed by atoms with Crippen LogP contribution in [0.25, 0.3) is 5.65 Å². The van der Waals surface area contributed by atoms with Crippen LogP contribution in [0.5, 0.6) is 5.75 Å². The molecule has 0 saturated carbocycles. The molecule has 0 aliphatic carbocycles. The van der Waals surface area contributed by atoms with Gasteiger partial charge < -0.3 is 15.4 Å². The van der Waals surface area contributed by atoms with Gasteiger partial charge in [-0.1, -0.05) is 18.2 Å². The third kappa shape index (κ3) is 6.09. The van der Waals surface area contributed by atoms with Crippen molar-refractivity contribution in [1.82, 2.24) is 25.2 Å². The fraction of sp³-hybridized carbons (Fsp3) is 0.316. The third-order valence-corrected chi connectivity index (χ3v) is 3.97. The first-order valence-electron chi connectivity index (χ1n) is 9.10. The molecular weight excluding hydrogens is 385 g/mol. The van der Waals surface area contributed by atoms with Crippen LogP contribution in [0.2, 0.25) is 0 Å². The predicted molar refractivity (Wildman–Crippen MR) is 103 cm³/mol. The van der Waals surface area contributed by atoms with E-state index in [0.29, 0.717) is 32.0 Å². The van der Waals surface area contributed by atoms with Crippen molar-refractivity contribution in [2.24, 2.45) is 4.99 Å². The van der Waals surface area contributed by atoms with Crippen LogP contribution in [0.3, 0.4) is 0 Å². The second kappa shape index (κ2) is 9.26. The van der Waals surface area contributed by atoms with Gasteiger partial charge in [0.1, 0.15) is 12.3 Å². The molecule has 1 aromatic carbocycles. The van der Waals surface area contributed by atoms with E-state index in [2.05, 4.69) is 30.6 Å². The lowest BCUT2D eigenvalue weighted by molar-refractivity contribution is -0.274. The number of hydrogen-bond donors (Lipinski definition) is 2. The van der Waals surface area contributed by atoms with Crippen LogP contribution < -0.4 is 15.4 Å². The molecule has 10 heteroatoms. The third-order valence-electron chi connectivity index (χ3n) is 3.97. The number of nitrogens with zero attached hydrogens (tertiary/aromatic N) is 4. The van der Waals surface area contributed by atoms with Gasteiger partial charge in [-0.2, -0.15) is 0 Å². The summed E-state index contributed by atoms with van der Waals surface area (Å²) >= 11 is 0. The van der Waals surface area contributed by atoms with Gasteiger partial charge in [-0.3, -0.25) is 4.40 Å². The van der Waals surface area contributed by atoms with E-state index >= 15 is 0 Å². The highest BCUT2D eigenvalue weighted by molar-refractivity contribution is 5.79. The van der Waals surface area contributed by atoms with Crippen molar-refractivity contribution in [1.29, 1.82) is 0 Å². The van der Waals surface area contributed by atoms with Gasteiger partial charge in [-0.05, 0) is 43.2 Å². The second-order valence-electron chi connectivity index (χ2n) is 6.11. The van der Waals surface area contributed by atoms with Crippen molar-refractivity contribution in [3.63, 3.8) is 0 Å². The zero-order valence-corrected chi connectivity index (χ0v) is 15.8. The number of guanidine groups is 1. The van der Waals surface area contributed by atoms with Crippen LogP contribution in [0, 0.1) is 0 Å². The van der Waals surface area contributed by atoms with E-state index < -0.39 is 6.36 Å². The van der Waals surface area contributed by atoms with Crippen molar-refractivity contribution in [2.75, 3.05) is 13.1 Å². The molecule has 0 aliphatic rings. The Labute approximate surface area is 165 Å². The van der Waals surface area contributed by atoms with Crippen LogP contribution in [0.15, 0.2) is 53.7 Å². The van der Waals surface area contributed by atoms with Crippen molar-refractivity contribution in [3.8, 4) is 5.75 Å². The monoisotopic (exact) mass is 406 g/mol. The number of rotatable bonds is 7. The summed E-state index contributed by atoms with van der Waals surface area (Å²) < 4.78 is 42.4. The van der Waals surface area contributed by atoms with E-state index in [1.54, 1.807) is 12.1 Å². The number of halogens is 3. The molecule has 2 heterocycles. The van der Waals surface area contributed by atoms with Crippen molar-refractivity contribution < 1.29 is 17.9 Å². The first-order chi connectivity index (χ1) is 13.9. The highest BCUT2D eigenvalue weighted by atomic mass is 19.4. The summed E-state index contributed by atoms with van der Waals surface area (Å²) in [5, 5.41) is 14.6. The lowest BCUT2D eigenvalue weighted by Gasteiger charge is -2.12. The van der Waals surface area contributed by atoms with E-state index in [0.717, 1.165) is 17.0 Å². The summed E-state index contributed by atoms with van der Waals surface area (Å²) in [5.74, 6) is 1.11. The Kier molecular flexibility index (Phi) is 6.53. The molecule has 0 spiro atoms. The summed E-state index contributed by atoms with van der Waals surface area (Å²) in [5.41, 5.74) is 1.64. The number of hydrogen-bond acceptors (Lipinski definition) is 4. The Morgan fingerprint density at radius 2 is 1.90 bits per heavy atom. The van der Waals surface area contributed by atoms with Gasteiger partial charge in [0.05, 0.1) is 0 Å². The molecule has 154 valence electrons. The Bertz CT molecular complexity index is 952. The molecule has 0 radical (unpaired) electrons. The number of alkyl halides is 3. The standard InChI is InChI=1S/C19H21F3N6O/c1-2-23-18(25-13-17-27-26-16-5-3-4-12-28(16)17)24-11-10-14-6-8-15(9-7-14)29-19(20,21)22/h3-9,12H,2,10-11,13H2,1H3,(H2,23,24,25). The Morgan fingerprint density at radius 1 is 1.10 bits per heavy atom. The summed E-state index contributed by atoms with van der Waals surface area (Å²) in [7, 11) is 0. The van der Waals surface area contributed by atoms with E-state index in [9.17, 15) is 13.2 Å². The molecule has 3 rings (SSSR count). The van der Waals surface area contributed by atoms with Crippen molar-refractivity contribution in [3.05, 3.63) is 60.0 Å². The molecule has 0 atom stereocenters. The van der Waals surface area contributed by atoms with E-state index in [1.165, 1.54) is 12.1 Å². The van der Waals surface area contributed by atoms with Crippen LogP contribution in [-0.4, -0.2) is 40.0 Å². The zero-order chi connectivity index (χ0) is 20.7. The summed E-state index contributed by atoms with van der Waals surface area (Å²) in [6.07, 6.45) is -2.19. The Morgan fingerprint density at radius 3 is 2.62 bits per heavy atom. The molecule has 0 unspecified atom stereocenters. The Hall–Kier alpha value is -3.30. The number of ether oxygens (including phenoxy) is 1. The molecule has 0 aliphatic heterocycles. The van der Waals surface area contributed by atoms with Gasteiger partial charge >= 0.3 is 6.36 Å². The second-order valence-corrected chi connectivity index (χ2v) is 6.11. The smallest absolute Gasteiger partial charge is 0.406 e. The van der Waals surface area contributed by atoms with Crippen molar-refractivity contribution in [2.45, 2.75) is 26.3 Å². The van der Waals surface area contributed by atoms with E-state index in [1.807, 2.05) is 35.7 Å². The molecule has 0 bridgehead atoms. The van der Waals surface area contributed by atoms with Gasteiger partial charge in [0.2, 0.25) is 0 Å². The minimum atomic E-state index is -4.68. The molecule has 29 heavy (non-hydrogen) atoms. The van der Waals surface area contributed by atoms with E-state index in [-0.39, 0.29) is 5.75 Å². The lowest BCUT2D eigenvalue weighted by atomic mass is 10.1. The van der Waals surface area contributed by atoms with Crippen LogP contribution in [-0.2, 0) is 13.0 Å². The average Bonchev–Trinajstić information content (AvgIpc) is 3.09. The summed E-state index contributed by atoms with van der Waals surface area (Å²) in [6.45, 7) is 3.56. The first kappa shape index (κ1) is 20.4. The van der Waals surface area contributed by atoms with Gasteiger partial charge in [0, 0.05) is 19.3 Å². The normalized spacial score (nSPS) is 12.2.